The highest BCUT2D eigenvalue weighted by molar-refractivity contribution is 6.33. The molecule has 1 unspecified atom stereocenters. The Morgan fingerprint density at radius 3 is 2.58 bits per heavy atom. The van der Waals surface area contributed by atoms with Crippen LogP contribution in [-0.2, 0) is 9.47 Å². The van der Waals surface area contributed by atoms with Gasteiger partial charge in [0.25, 0.3) is 0 Å². The fraction of sp³-hybridized carbons (Fsp3) is 0.538. The second kappa shape index (κ2) is 5.61. The van der Waals surface area contributed by atoms with Gasteiger partial charge in [-0.15, -0.1) is 0 Å². The van der Waals surface area contributed by atoms with Crippen molar-refractivity contribution in [3.8, 4) is 0 Å². The zero-order chi connectivity index (χ0) is 14.0. The molecular formula is C13H16ClF2NO2. The third kappa shape index (κ3) is 2.68. The lowest BCUT2D eigenvalue weighted by Gasteiger charge is -2.43. The van der Waals surface area contributed by atoms with Crippen LogP contribution in [0.4, 0.5) is 14.5 Å². The monoisotopic (exact) mass is 291 g/mol. The van der Waals surface area contributed by atoms with Gasteiger partial charge in [-0.3, -0.25) is 0 Å². The number of ether oxygens (including phenoxy) is 2. The molecule has 0 N–H and O–H groups in total. The molecule has 0 bridgehead atoms. The van der Waals surface area contributed by atoms with Gasteiger partial charge >= 0.3 is 0 Å². The number of nitrogens with zero attached hydrogens (tertiary/aromatic N) is 1. The first-order valence-corrected chi connectivity index (χ1v) is 6.34. The van der Waals surface area contributed by atoms with Crippen LogP contribution in [0.1, 0.15) is 6.42 Å². The maximum atomic E-state index is 14.2. The molecule has 0 aliphatic carbocycles. The number of alkyl halides is 1. The largest absolute Gasteiger partial charge is 0.367 e. The van der Waals surface area contributed by atoms with E-state index in [4.69, 9.17) is 21.1 Å². The van der Waals surface area contributed by atoms with Gasteiger partial charge in [0.2, 0.25) is 5.79 Å². The van der Waals surface area contributed by atoms with Crippen molar-refractivity contribution in [2.45, 2.75) is 18.4 Å². The summed E-state index contributed by atoms with van der Waals surface area (Å²) in [5.41, 5.74) is 0.617. The summed E-state index contributed by atoms with van der Waals surface area (Å²) in [5, 5.41) is 0.273. The minimum atomic E-state index is -1.31. The molecule has 0 aromatic heterocycles. The third-order valence-electron chi connectivity index (χ3n) is 3.53. The quantitative estimate of drug-likeness (QED) is 0.799. The van der Waals surface area contributed by atoms with E-state index in [9.17, 15) is 8.78 Å². The molecule has 3 nitrogen and oxygen atoms in total. The van der Waals surface area contributed by atoms with Crippen LogP contribution in [0.3, 0.4) is 0 Å². The summed E-state index contributed by atoms with van der Waals surface area (Å²) in [6, 6.07) is 4.08. The van der Waals surface area contributed by atoms with E-state index in [1.807, 2.05) is 0 Å². The lowest BCUT2D eigenvalue weighted by molar-refractivity contribution is -0.249. The SMILES string of the molecule is COC1(OC)CCN(c2ccc(F)cc2Cl)CC1F. The van der Waals surface area contributed by atoms with Crippen molar-refractivity contribution in [1.82, 2.24) is 0 Å². The lowest BCUT2D eigenvalue weighted by atomic mass is 10.0. The van der Waals surface area contributed by atoms with Crippen LogP contribution in [0.2, 0.25) is 5.02 Å². The molecule has 1 saturated heterocycles. The van der Waals surface area contributed by atoms with Crippen LogP contribution in [0.5, 0.6) is 0 Å². The van der Waals surface area contributed by atoms with Gasteiger partial charge in [0, 0.05) is 27.2 Å². The second-order valence-corrected chi connectivity index (χ2v) is 4.89. The first-order valence-electron chi connectivity index (χ1n) is 5.97. The Hall–Kier alpha value is -0.910. The maximum absolute atomic E-state index is 14.2. The van der Waals surface area contributed by atoms with E-state index in [0.29, 0.717) is 18.7 Å². The molecule has 1 heterocycles. The van der Waals surface area contributed by atoms with Crippen molar-refractivity contribution < 1.29 is 18.3 Å². The predicted octanol–water partition coefficient (Wildman–Crippen LogP) is 3.02. The number of hydrogen-bond acceptors (Lipinski definition) is 3. The summed E-state index contributed by atoms with van der Waals surface area (Å²) in [6.07, 6.45) is -0.938. The van der Waals surface area contributed by atoms with Crippen LogP contribution in [0.15, 0.2) is 18.2 Å². The number of rotatable bonds is 3. The van der Waals surface area contributed by atoms with E-state index >= 15 is 0 Å². The van der Waals surface area contributed by atoms with Crippen LogP contribution >= 0.6 is 11.6 Å². The predicted molar refractivity (Wildman–Crippen MR) is 69.9 cm³/mol. The molecule has 19 heavy (non-hydrogen) atoms. The second-order valence-electron chi connectivity index (χ2n) is 4.48. The molecule has 1 aliphatic rings. The van der Waals surface area contributed by atoms with Crippen LogP contribution in [0, 0.1) is 5.82 Å². The van der Waals surface area contributed by atoms with Crippen molar-refractivity contribution >= 4 is 17.3 Å². The Morgan fingerprint density at radius 1 is 1.37 bits per heavy atom. The Bertz CT molecular complexity index is 454. The average Bonchev–Trinajstić information content (AvgIpc) is 2.39. The van der Waals surface area contributed by atoms with E-state index in [1.54, 1.807) is 11.0 Å². The molecule has 0 saturated carbocycles. The molecule has 1 aromatic carbocycles. The number of benzene rings is 1. The average molecular weight is 292 g/mol. The molecule has 6 heteroatoms. The zero-order valence-electron chi connectivity index (χ0n) is 10.8. The molecule has 0 radical (unpaired) electrons. The van der Waals surface area contributed by atoms with E-state index in [1.165, 1.54) is 26.4 Å². The molecule has 2 rings (SSSR count). The molecule has 0 amide bonds. The smallest absolute Gasteiger partial charge is 0.202 e. The van der Waals surface area contributed by atoms with Gasteiger partial charge in [-0.2, -0.15) is 0 Å². The topological polar surface area (TPSA) is 21.7 Å². The van der Waals surface area contributed by atoms with Gasteiger partial charge in [-0.05, 0) is 18.2 Å². The highest BCUT2D eigenvalue weighted by atomic mass is 35.5. The summed E-state index contributed by atoms with van der Waals surface area (Å²) in [4.78, 5) is 1.77. The molecule has 1 atom stereocenters. The summed E-state index contributed by atoms with van der Waals surface area (Å²) in [7, 11) is 2.85. The zero-order valence-corrected chi connectivity index (χ0v) is 11.6. The van der Waals surface area contributed by atoms with Crippen LogP contribution in [-0.4, -0.2) is 39.3 Å². The Labute approximate surface area is 116 Å². The van der Waals surface area contributed by atoms with Crippen LogP contribution in [0.25, 0.3) is 0 Å². The molecule has 0 spiro atoms. The van der Waals surface area contributed by atoms with Gasteiger partial charge in [0.1, 0.15) is 5.82 Å². The maximum Gasteiger partial charge on any atom is 0.202 e. The minimum Gasteiger partial charge on any atom is -0.367 e. The van der Waals surface area contributed by atoms with Gasteiger partial charge in [-0.1, -0.05) is 11.6 Å². The number of methoxy groups -OCH3 is 2. The lowest BCUT2D eigenvalue weighted by Crippen LogP contribution is -2.56. The molecule has 1 fully saturated rings. The van der Waals surface area contributed by atoms with Crippen molar-refractivity contribution in [2.24, 2.45) is 0 Å². The summed E-state index contributed by atoms with van der Waals surface area (Å²) >= 11 is 5.98. The van der Waals surface area contributed by atoms with Crippen molar-refractivity contribution in [3.05, 3.63) is 29.0 Å². The molecule has 1 aromatic rings. The number of hydrogen-bond donors (Lipinski definition) is 0. The van der Waals surface area contributed by atoms with E-state index < -0.39 is 17.8 Å². The van der Waals surface area contributed by atoms with Crippen molar-refractivity contribution in [3.63, 3.8) is 0 Å². The molecule has 106 valence electrons. The fourth-order valence-electron chi connectivity index (χ4n) is 2.37. The van der Waals surface area contributed by atoms with Gasteiger partial charge < -0.3 is 14.4 Å². The highest BCUT2D eigenvalue weighted by Gasteiger charge is 2.44. The van der Waals surface area contributed by atoms with Gasteiger partial charge in [0.05, 0.1) is 17.3 Å². The number of halogens is 3. The van der Waals surface area contributed by atoms with E-state index in [2.05, 4.69) is 0 Å². The summed E-state index contributed by atoms with van der Waals surface area (Å²) in [6.45, 7) is 0.612. The first kappa shape index (κ1) is 14.5. The Kier molecular flexibility index (Phi) is 4.28. The van der Waals surface area contributed by atoms with E-state index in [-0.39, 0.29) is 11.6 Å². The van der Waals surface area contributed by atoms with Gasteiger partial charge in [-0.25, -0.2) is 8.78 Å². The van der Waals surface area contributed by atoms with E-state index in [0.717, 1.165) is 0 Å². The fourth-order valence-corrected chi connectivity index (χ4v) is 2.66. The van der Waals surface area contributed by atoms with Crippen molar-refractivity contribution in [2.75, 3.05) is 32.2 Å². The summed E-state index contributed by atoms with van der Waals surface area (Å²) in [5.74, 6) is -1.62. The Morgan fingerprint density at radius 2 is 2.05 bits per heavy atom. The highest BCUT2D eigenvalue weighted by Crippen LogP contribution is 2.34. The van der Waals surface area contributed by atoms with Crippen LogP contribution < -0.4 is 4.90 Å². The van der Waals surface area contributed by atoms with Crippen molar-refractivity contribution in [1.29, 1.82) is 0 Å². The number of anilines is 1. The number of piperidine rings is 1. The normalized spacial score (nSPS) is 22.6. The molecule has 1 aliphatic heterocycles. The Balaban J connectivity index is 2.18. The minimum absolute atomic E-state index is 0.0903. The summed E-state index contributed by atoms with van der Waals surface area (Å²) < 4.78 is 37.6. The molecular weight excluding hydrogens is 276 g/mol. The first-order chi connectivity index (χ1) is 9.02. The standard InChI is InChI=1S/C13H16ClF2NO2/c1-18-13(19-2)5-6-17(8-12(13)16)11-4-3-9(15)7-10(11)14/h3-4,7,12H,5-6,8H2,1-2H3. The van der Waals surface area contributed by atoms with Gasteiger partial charge in [0.15, 0.2) is 6.17 Å². The third-order valence-corrected chi connectivity index (χ3v) is 3.83.